The van der Waals surface area contributed by atoms with E-state index in [0.717, 1.165) is 6.42 Å². The Morgan fingerprint density at radius 2 is 2.06 bits per heavy atom. The van der Waals surface area contributed by atoms with Crippen LogP contribution in [-0.4, -0.2) is 25.0 Å². The molecule has 0 heterocycles. The minimum atomic E-state index is 0.0744. The van der Waals surface area contributed by atoms with Crippen molar-refractivity contribution in [2.75, 3.05) is 13.2 Å². The number of ketones is 1. The Morgan fingerprint density at radius 3 is 2.71 bits per heavy atom. The number of benzene rings is 1. The quantitative estimate of drug-likeness (QED) is 0.738. The molecule has 0 saturated carbocycles. The van der Waals surface area contributed by atoms with Crippen LogP contribution in [0.25, 0.3) is 0 Å². The van der Waals surface area contributed by atoms with Crippen molar-refractivity contribution >= 4 is 5.78 Å². The molecule has 3 heteroatoms. The fraction of sp³-hybridized carbons (Fsp3) is 0.500. The Morgan fingerprint density at radius 1 is 1.35 bits per heavy atom. The maximum absolute atomic E-state index is 12.0. The number of hydrogen-bond acceptors (Lipinski definition) is 3. The minimum absolute atomic E-state index is 0.0744. The smallest absolute Gasteiger partial charge is 0.180 e. The van der Waals surface area contributed by atoms with Crippen molar-refractivity contribution in [3.05, 3.63) is 29.8 Å². The number of carbonyl (C=O) groups is 1. The van der Waals surface area contributed by atoms with Crippen molar-refractivity contribution in [3.63, 3.8) is 0 Å². The highest BCUT2D eigenvalue weighted by atomic mass is 16.5. The molecule has 1 aromatic carbocycles. The maximum Gasteiger partial charge on any atom is 0.180 e. The van der Waals surface area contributed by atoms with Crippen LogP contribution < -0.4 is 10.1 Å². The van der Waals surface area contributed by atoms with Gasteiger partial charge >= 0.3 is 0 Å². The second-order valence-electron chi connectivity index (χ2n) is 4.30. The van der Waals surface area contributed by atoms with Gasteiger partial charge in [0.15, 0.2) is 5.78 Å². The highest BCUT2D eigenvalue weighted by Gasteiger charge is 2.11. The first-order valence-electron chi connectivity index (χ1n) is 6.13. The van der Waals surface area contributed by atoms with E-state index in [1.807, 2.05) is 45.0 Å². The summed E-state index contributed by atoms with van der Waals surface area (Å²) >= 11 is 0. The highest BCUT2D eigenvalue weighted by Crippen LogP contribution is 2.18. The molecule has 0 aliphatic carbocycles. The van der Waals surface area contributed by atoms with Gasteiger partial charge in [0.25, 0.3) is 0 Å². The van der Waals surface area contributed by atoms with Crippen molar-refractivity contribution in [1.29, 1.82) is 0 Å². The topological polar surface area (TPSA) is 38.3 Å². The lowest BCUT2D eigenvalue weighted by Gasteiger charge is -2.11. The molecule has 0 saturated heterocycles. The van der Waals surface area contributed by atoms with E-state index < -0.39 is 0 Å². The Bertz CT molecular complexity index is 361. The van der Waals surface area contributed by atoms with Crippen LogP contribution in [0, 0.1) is 0 Å². The standard InChI is InChI=1S/C14H21NO2/c1-4-9-17-14-8-6-5-7-12(14)13(16)10-15-11(2)3/h5-8,11,15H,4,9-10H2,1-3H3. The molecule has 0 aromatic heterocycles. The highest BCUT2D eigenvalue weighted by molar-refractivity contribution is 6.00. The summed E-state index contributed by atoms with van der Waals surface area (Å²) in [5, 5.41) is 3.12. The van der Waals surface area contributed by atoms with Gasteiger partial charge in [0.2, 0.25) is 0 Å². The van der Waals surface area contributed by atoms with Gasteiger partial charge in [-0.15, -0.1) is 0 Å². The average Bonchev–Trinajstić information content (AvgIpc) is 2.33. The lowest BCUT2D eigenvalue weighted by atomic mass is 10.1. The monoisotopic (exact) mass is 235 g/mol. The molecular formula is C14H21NO2. The average molecular weight is 235 g/mol. The number of ether oxygens (including phenoxy) is 1. The molecule has 0 radical (unpaired) electrons. The van der Waals surface area contributed by atoms with Crippen LogP contribution in [0.2, 0.25) is 0 Å². The molecule has 1 N–H and O–H groups in total. The molecule has 17 heavy (non-hydrogen) atoms. The minimum Gasteiger partial charge on any atom is -0.493 e. The van der Waals surface area contributed by atoms with Crippen LogP contribution in [0.5, 0.6) is 5.75 Å². The number of nitrogens with one attached hydrogen (secondary N) is 1. The van der Waals surface area contributed by atoms with E-state index >= 15 is 0 Å². The van der Waals surface area contributed by atoms with Crippen LogP contribution in [-0.2, 0) is 0 Å². The Balaban J connectivity index is 2.70. The molecule has 0 spiro atoms. The van der Waals surface area contributed by atoms with Crippen molar-refractivity contribution < 1.29 is 9.53 Å². The lowest BCUT2D eigenvalue weighted by Crippen LogP contribution is -2.29. The van der Waals surface area contributed by atoms with Gasteiger partial charge in [-0.05, 0) is 18.6 Å². The summed E-state index contributed by atoms with van der Waals surface area (Å²) in [6, 6.07) is 7.72. The summed E-state index contributed by atoms with van der Waals surface area (Å²) in [6.45, 7) is 7.08. The molecule has 0 fully saturated rings. The van der Waals surface area contributed by atoms with E-state index in [1.165, 1.54) is 0 Å². The van der Waals surface area contributed by atoms with Gasteiger partial charge in [-0.3, -0.25) is 4.79 Å². The normalized spacial score (nSPS) is 10.6. The third kappa shape index (κ3) is 4.57. The Labute approximate surface area is 103 Å². The number of hydrogen-bond donors (Lipinski definition) is 1. The lowest BCUT2D eigenvalue weighted by molar-refractivity contribution is 0.0984. The van der Waals surface area contributed by atoms with Crippen LogP contribution in [0.1, 0.15) is 37.6 Å². The van der Waals surface area contributed by atoms with Gasteiger partial charge in [0.1, 0.15) is 5.75 Å². The summed E-state index contributed by atoms with van der Waals surface area (Å²) in [7, 11) is 0. The third-order valence-electron chi connectivity index (χ3n) is 2.32. The molecule has 0 unspecified atom stereocenters. The van der Waals surface area contributed by atoms with Gasteiger partial charge < -0.3 is 10.1 Å². The molecule has 3 nitrogen and oxygen atoms in total. The van der Waals surface area contributed by atoms with Gasteiger partial charge in [-0.1, -0.05) is 32.9 Å². The molecule has 94 valence electrons. The molecule has 0 amide bonds. The van der Waals surface area contributed by atoms with E-state index in [9.17, 15) is 4.79 Å². The first-order chi connectivity index (χ1) is 8.15. The van der Waals surface area contributed by atoms with Crippen LogP contribution in [0.3, 0.4) is 0 Å². The molecule has 0 bridgehead atoms. The van der Waals surface area contributed by atoms with Crippen LogP contribution in [0.4, 0.5) is 0 Å². The summed E-state index contributed by atoms with van der Waals surface area (Å²) in [6.07, 6.45) is 0.937. The summed E-state index contributed by atoms with van der Waals surface area (Å²) in [4.78, 5) is 12.0. The molecule has 0 aliphatic heterocycles. The number of Topliss-reactive ketones (excluding diaryl/α,β-unsaturated/α-hetero) is 1. The second-order valence-corrected chi connectivity index (χ2v) is 4.30. The van der Waals surface area contributed by atoms with Crippen molar-refractivity contribution in [1.82, 2.24) is 5.32 Å². The second kappa shape index (κ2) is 7.07. The van der Waals surface area contributed by atoms with E-state index in [2.05, 4.69) is 5.32 Å². The van der Waals surface area contributed by atoms with E-state index in [1.54, 1.807) is 0 Å². The summed E-state index contributed by atoms with van der Waals surface area (Å²) in [5.41, 5.74) is 0.661. The molecule has 0 atom stereocenters. The zero-order chi connectivity index (χ0) is 12.7. The number of carbonyl (C=O) groups excluding carboxylic acids is 1. The third-order valence-corrected chi connectivity index (χ3v) is 2.32. The van der Waals surface area contributed by atoms with Gasteiger partial charge in [-0.25, -0.2) is 0 Å². The summed E-state index contributed by atoms with van der Waals surface area (Å²) < 4.78 is 5.57. The van der Waals surface area contributed by atoms with Crippen LogP contribution in [0.15, 0.2) is 24.3 Å². The molecule has 1 aromatic rings. The fourth-order valence-electron chi connectivity index (χ4n) is 1.43. The number of rotatable bonds is 7. The molecule has 1 rings (SSSR count). The Kier molecular flexibility index (Phi) is 5.70. The van der Waals surface area contributed by atoms with Crippen LogP contribution >= 0.6 is 0 Å². The van der Waals surface area contributed by atoms with E-state index in [4.69, 9.17) is 4.74 Å². The molecular weight excluding hydrogens is 214 g/mol. The predicted molar refractivity (Wildman–Crippen MR) is 69.7 cm³/mol. The first-order valence-corrected chi connectivity index (χ1v) is 6.13. The van der Waals surface area contributed by atoms with Crippen molar-refractivity contribution in [2.24, 2.45) is 0 Å². The summed E-state index contributed by atoms with van der Waals surface area (Å²) in [5.74, 6) is 0.760. The number of para-hydroxylation sites is 1. The zero-order valence-electron chi connectivity index (χ0n) is 10.8. The zero-order valence-corrected chi connectivity index (χ0v) is 10.8. The first kappa shape index (κ1) is 13.7. The van der Waals surface area contributed by atoms with Gasteiger partial charge in [-0.2, -0.15) is 0 Å². The maximum atomic E-state index is 12.0. The van der Waals surface area contributed by atoms with Crippen molar-refractivity contribution in [2.45, 2.75) is 33.2 Å². The van der Waals surface area contributed by atoms with Gasteiger partial charge in [0, 0.05) is 6.04 Å². The molecule has 0 aliphatic rings. The SMILES string of the molecule is CCCOc1ccccc1C(=O)CNC(C)C. The van der Waals surface area contributed by atoms with Crippen molar-refractivity contribution in [3.8, 4) is 5.75 Å². The predicted octanol–water partition coefficient (Wildman–Crippen LogP) is 2.66. The van der Waals surface area contributed by atoms with E-state index in [-0.39, 0.29) is 5.78 Å². The van der Waals surface area contributed by atoms with E-state index in [0.29, 0.717) is 30.5 Å². The largest absolute Gasteiger partial charge is 0.493 e. The van der Waals surface area contributed by atoms with Gasteiger partial charge in [0.05, 0.1) is 18.7 Å². The fourth-order valence-corrected chi connectivity index (χ4v) is 1.43. The Hall–Kier alpha value is -1.35.